The van der Waals surface area contributed by atoms with Crippen LogP contribution in [0.2, 0.25) is 0 Å². The van der Waals surface area contributed by atoms with E-state index in [-0.39, 0.29) is 10.8 Å². The Labute approximate surface area is 135 Å². The lowest BCUT2D eigenvalue weighted by Gasteiger charge is -2.16. The summed E-state index contributed by atoms with van der Waals surface area (Å²) in [6.45, 7) is 5.38. The number of benzene rings is 2. The minimum atomic E-state index is -3.67. The third-order valence-corrected chi connectivity index (χ3v) is 5.69. The average molecular weight is 330 g/mol. The van der Waals surface area contributed by atoms with Crippen molar-refractivity contribution in [1.29, 1.82) is 0 Å². The quantitative estimate of drug-likeness (QED) is 0.908. The summed E-state index contributed by atoms with van der Waals surface area (Å²) in [7, 11) is -3.67. The predicted octanol–water partition coefficient (Wildman–Crippen LogP) is 3.03. The second-order valence-corrected chi connectivity index (χ2v) is 7.86. The van der Waals surface area contributed by atoms with E-state index in [1.54, 1.807) is 49.4 Å². The maximum absolute atomic E-state index is 12.6. The van der Waals surface area contributed by atoms with E-state index in [0.29, 0.717) is 11.3 Å². The van der Waals surface area contributed by atoms with E-state index in [1.807, 2.05) is 13.8 Å². The minimum absolute atomic E-state index is 0.0913. The maximum Gasteiger partial charge on any atom is 0.262 e. The summed E-state index contributed by atoms with van der Waals surface area (Å²) >= 11 is 0. The Bertz CT molecular complexity index is 902. The molecule has 3 rings (SSSR count). The summed E-state index contributed by atoms with van der Waals surface area (Å²) in [5, 5.41) is 2.80. The first-order chi connectivity index (χ1) is 10.7. The molecular formula is C17H18N2O3S. The van der Waals surface area contributed by atoms with Crippen LogP contribution in [0.1, 0.15) is 25.0 Å². The van der Waals surface area contributed by atoms with Gasteiger partial charge in [0.2, 0.25) is 5.91 Å². The molecule has 0 spiro atoms. The van der Waals surface area contributed by atoms with Crippen LogP contribution < -0.4 is 10.0 Å². The highest BCUT2D eigenvalue weighted by Gasteiger charge is 2.38. The van der Waals surface area contributed by atoms with Crippen LogP contribution in [0.3, 0.4) is 0 Å². The van der Waals surface area contributed by atoms with E-state index in [1.165, 1.54) is 0 Å². The number of fused-ring (bicyclic) bond motifs is 1. The Balaban J connectivity index is 1.98. The summed E-state index contributed by atoms with van der Waals surface area (Å²) in [5.74, 6) is -0.0913. The van der Waals surface area contributed by atoms with Gasteiger partial charge in [-0.05, 0) is 56.2 Å². The molecule has 2 aromatic carbocycles. The summed E-state index contributed by atoms with van der Waals surface area (Å²) in [5.41, 5.74) is 1.95. The van der Waals surface area contributed by atoms with E-state index in [0.717, 1.165) is 11.3 Å². The van der Waals surface area contributed by atoms with Crippen molar-refractivity contribution < 1.29 is 13.2 Å². The van der Waals surface area contributed by atoms with Crippen LogP contribution in [-0.2, 0) is 20.2 Å². The van der Waals surface area contributed by atoms with Crippen molar-refractivity contribution in [2.75, 3.05) is 10.0 Å². The molecular weight excluding hydrogens is 312 g/mol. The van der Waals surface area contributed by atoms with E-state index in [2.05, 4.69) is 10.0 Å². The zero-order chi connectivity index (χ0) is 16.8. The SMILES string of the molecule is Cc1ccccc1S(=O)(=O)Nc1ccc2c(c1)C(C)(C)C(=O)N2. The van der Waals surface area contributed by atoms with Gasteiger partial charge in [0, 0.05) is 11.4 Å². The van der Waals surface area contributed by atoms with E-state index in [9.17, 15) is 13.2 Å². The smallest absolute Gasteiger partial charge is 0.262 e. The summed E-state index contributed by atoms with van der Waals surface area (Å²) in [6, 6.07) is 11.9. The third-order valence-electron chi connectivity index (χ3n) is 4.14. The first-order valence-corrected chi connectivity index (χ1v) is 8.74. The molecule has 2 aromatic rings. The number of hydrogen-bond donors (Lipinski definition) is 2. The molecule has 0 saturated heterocycles. The lowest BCUT2D eigenvalue weighted by Crippen LogP contribution is -2.27. The van der Waals surface area contributed by atoms with Gasteiger partial charge in [-0.1, -0.05) is 18.2 Å². The molecule has 1 aliphatic rings. The van der Waals surface area contributed by atoms with Crippen molar-refractivity contribution in [3.8, 4) is 0 Å². The number of carbonyl (C=O) groups is 1. The molecule has 23 heavy (non-hydrogen) atoms. The fraction of sp³-hybridized carbons (Fsp3) is 0.235. The van der Waals surface area contributed by atoms with Gasteiger partial charge in [0.25, 0.3) is 10.0 Å². The molecule has 1 heterocycles. The third kappa shape index (κ3) is 2.59. The number of carbonyl (C=O) groups excluding carboxylic acids is 1. The first kappa shape index (κ1) is 15.6. The van der Waals surface area contributed by atoms with Crippen molar-refractivity contribution in [2.45, 2.75) is 31.1 Å². The van der Waals surface area contributed by atoms with Gasteiger partial charge in [0.1, 0.15) is 0 Å². The van der Waals surface area contributed by atoms with Crippen LogP contribution in [0.15, 0.2) is 47.4 Å². The first-order valence-electron chi connectivity index (χ1n) is 7.26. The summed E-state index contributed by atoms with van der Waals surface area (Å²) in [4.78, 5) is 12.2. The second-order valence-electron chi connectivity index (χ2n) is 6.21. The standard InChI is InChI=1S/C17H18N2O3S/c1-11-6-4-5-7-15(11)23(21,22)19-12-8-9-14-13(10-12)17(2,3)16(20)18-14/h4-10,19H,1-3H3,(H,18,20). The number of nitrogens with one attached hydrogen (secondary N) is 2. The topological polar surface area (TPSA) is 75.3 Å². The van der Waals surface area contributed by atoms with Gasteiger partial charge in [-0.2, -0.15) is 0 Å². The largest absolute Gasteiger partial charge is 0.325 e. The zero-order valence-electron chi connectivity index (χ0n) is 13.2. The summed E-state index contributed by atoms with van der Waals surface area (Å²) in [6.07, 6.45) is 0. The fourth-order valence-electron chi connectivity index (χ4n) is 2.70. The molecule has 2 N–H and O–H groups in total. The van der Waals surface area contributed by atoms with Crippen molar-refractivity contribution in [3.63, 3.8) is 0 Å². The molecule has 1 amide bonds. The lowest BCUT2D eigenvalue weighted by atomic mass is 9.86. The van der Waals surface area contributed by atoms with Crippen LogP contribution in [0, 0.1) is 6.92 Å². The molecule has 120 valence electrons. The number of anilines is 2. The molecule has 0 radical (unpaired) electrons. The highest BCUT2D eigenvalue weighted by molar-refractivity contribution is 7.92. The Kier molecular flexibility index (Phi) is 3.44. The summed E-state index contributed by atoms with van der Waals surface area (Å²) < 4.78 is 27.7. The van der Waals surface area contributed by atoms with Crippen molar-refractivity contribution in [3.05, 3.63) is 53.6 Å². The molecule has 0 atom stereocenters. The monoisotopic (exact) mass is 330 g/mol. The molecule has 0 unspecified atom stereocenters. The van der Waals surface area contributed by atoms with E-state index >= 15 is 0 Å². The van der Waals surface area contributed by atoms with Gasteiger partial charge in [-0.3, -0.25) is 9.52 Å². The zero-order valence-corrected chi connectivity index (χ0v) is 14.0. The minimum Gasteiger partial charge on any atom is -0.325 e. The lowest BCUT2D eigenvalue weighted by molar-refractivity contribution is -0.119. The van der Waals surface area contributed by atoms with Gasteiger partial charge in [-0.25, -0.2) is 8.42 Å². The predicted molar refractivity (Wildman–Crippen MR) is 90.1 cm³/mol. The number of hydrogen-bond acceptors (Lipinski definition) is 3. The molecule has 0 saturated carbocycles. The number of rotatable bonds is 3. The van der Waals surface area contributed by atoms with Crippen molar-refractivity contribution in [1.82, 2.24) is 0 Å². The Morgan fingerprint density at radius 2 is 1.78 bits per heavy atom. The number of aryl methyl sites for hydroxylation is 1. The molecule has 0 aromatic heterocycles. The fourth-order valence-corrected chi connectivity index (χ4v) is 4.00. The Hall–Kier alpha value is -2.34. The molecule has 1 aliphatic heterocycles. The molecule has 5 nitrogen and oxygen atoms in total. The second kappa shape index (κ2) is 5.09. The van der Waals surface area contributed by atoms with Crippen LogP contribution >= 0.6 is 0 Å². The molecule has 0 fully saturated rings. The highest BCUT2D eigenvalue weighted by Crippen LogP contribution is 2.39. The van der Waals surface area contributed by atoms with Crippen LogP contribution in [0.5, 0.6) is 0 Å². The molecule has 0 bridgehead atoms. The number of sulfonamides is 1. The van der Waals surface area contributed by atoms with Gasteiger partial charge >= 0.3 is 0 Å². The molecule has 6 heteroatoms. The van der Waals surface area contributed by atoms with Crippen LogP contribution in [0.4, 0.5) is 11.4 Å². The van der Waals surface area contributed by atoms with Crippen molar-refractivity contribution >= 4 is 27.3 Å². The normalized spacial score (nSPS) is 15.9. The van der Waals surface area contributed by atoms with Crippen LogP contribution in [-0.4, -0.2) is 14.3 Å². The van der Waals surface area contributed by atoms with Gasteiger partial charge < -0.3 is 5.32 Å². The number of amides is 1. The Morgan fingerprint density at radius 1 is 1.09 bits per heavy atom. The van der Waals surface area contributed by atoms with Gasteiger partial charge in [0.05, 0.1) is 10.3 Å². The van der Waals surface area contributed by atoms with E-state index < -0.39 is 15.4 Å². The van der Waals surface area contributed by atoms with Gasteiger partial charge in [0.15, 0.2) is 0 Å². The molecule has 0 aliphatic carbocycles. The average Bonchev–Trinajstić information content (AvgIpc) is 2.69. The maximum atomic E-state index is 12.6. The van der Waals surface area contributed by atoms with E-state index in [4.69, 9.17) is 0 Å². The Morgan fingerprint density at radius 3 is 2.48 bits per heavy atom. The van der Waals surface area contributed by atoms with Crippen LogP contribution in [0.25, 0.3) is 0 Å². The highest BCUT2D eigenvalue weighted by atomic mass is 32.2. The van der Waals surface area contributed by atoms with Crippen molar-refractivity contribution in [2.24, 2.45) is 0 Å². The van der Waals surface area contributed by atoms with Gasteiger partial charge in [-0.15, -0.1) is 0 Å².